The number of aryl methyl sites for hydroxylation is 1. The quantitative estimate of drug-likeness (QED) is 0.475. The number of aromatic nitrogens is 3. The second kappa shape index (κ2) is 4.50. The first-order valence-corrected chi connectivity index (χ1v) is 5.40. The van der Waals surface area contributed by atoms with E-state index in [0.29, 0.717) is 11.0 Å². The fourth-order valence-electron chi connectivity index (χ4n) is 1.14. The Morgan fingerprint density at radius 1 is 1.38 bits per heavy atom. The van der Waals surface area contributed by atoms with Crippen molar-refractivity contribution in [2.75, 3.05) is 5.43 Å². The molecule has 2 rings (SSSR count). The number of hydrogen-bond acceptors (Lipinski definition) is 7. The monoisotopic (exact) mass is 237 g/mol. The van der Waals surface area contributed by atoms with Gasteiger partial charge in [0.1, 0.15) is 23.4 Å². The smallest absolute Gasteiger partial charge is 0.262 e. The highest BCUT2D eigenvalue weighted by atomic mass is 32.2. The zero-order valence-corrected chi connectivity index (χ0v) is 9.71. The summed E-state index contributed by atoms with van der Waals surface area (Å²) < 4.78 is 5.24. The molecule has 0 aliphatic heterocycles. The van der Waals surface area contributed by atoms with E-state index in [2.05, 4.69) is 20.4 Å². The second-order valence-electron chi connectivity index (χ2n) is 3.15. The van der Waals surface area contributed by atoms with Crippen LogP contribution in [0, 0.1) is 13.8 Å². The predicted octanol–water partition coefficient (Wildman–Crippen LogP) is 1.52. The lowest BCUT2D eigenvalue weighted by Crippen LogP contribution is -2.10. The normalized spacial score (nSPS) is 10.4. The van der Waals surface area contributed by atoms with E-state index in [1.807, 2.05) is 13.8 Å². The molecule has 2 aromatic rings. The van der Waals surface area contributed by atoms with E-state index in [0.717, 1.165) is 16.3 Å². The van der Waals surface area contributed by atoms with Gasteiger partial charge in [0.25, 0.3) is 5.22 Å². The number of nitrogens with zero attached hydrogens (tertiary/aromatic N) is 3. The van der Waals surface area contributed by atoms with Gasteiger partial charge in [-0.05, 0) is 25.6 Å². The lowest BCUT2D eigenvalue weighted by molar-refractivity contribution is 0.453. The van der Waals surface area contributed by atoms with Crippen LogP contribution < -0.4 is 11.3 Å². The molecule has 0 aromatic carbocycles. The maximum atomic E-state index is 5.33. The van der Waals surface area contributed by atoms with Crippen LogP contribution in [0.4, 0.5) is 5.82 Å². The van der Waals surface area contributed by atoms with Crippen LogP contribution in [0.25, 0.3) is 0 Å². The Labute approximate surface area is 96.7 Å². The highest BCUT2D eigenvalue weighted by Crippen LogP contribution is 2.29. The Morgan fingerprint density at radius 2 is 2.19 bits per heavy atom. The summed E-state index contributed by atoms with van der Waals surface area (Å²) in [4.78, 5) is 12.3. The van der Waals surface area contributed by atoms with Crippen molar-refractivity contribution in [2.45, 2.75) is 24.1 Å². The van der Waals surface area contributed by atoms with Gasteiger partial charge < -0.3 is 9.84 Å². The highest BCUT2D eigenvalue weighted by Gasteiger charge is 2.10. The topological polar surface area (TPSA) is 89.9 Å². The van der Waals surface area contributed by atoms with Gasteiger partial charge in [0, 0.05) is 5.56 Å². The third kappa shape index (κ3) is 2.15. The number of rotatable bonds is 3. The van der Waals surface area contributed by atoms with Gasteiger partial charge >= 0.3 is 0 Å². The third-order valence-electron chi connectivity index (χ3n) is 1.96. The number of nitrogens with one attached hydrogen (secondary N) is 1. The minimum atomic E-state index is 0.558. The molecule has 3 N–H and O–H groups in total. The standard InChI is InChI=1S/C9H11N5OS/c1-5-3-15-9(13-5)16-8-6(2)7(14-10)11-4-12-8/h3-4H,10H2,1-2H3,(H,11,12,14). The molecule has 0 amide bonds. The van der Waals surface area contributed by atoms with Crippen molar-refractivity contribution in [1.82, 2.24) is 15.0 Å². The summed E-state index contributed by atoms with van der Waals surface area (Å²) in [5.74, 6) is 5.93. The molecule has 84 valence electrons. The average molecular weight is 237 g/mol. The van der Waals surface area contributed by atoms with E-state index in [-0.39, 0.29) is 0 Å². The number of hydrazine groups is 1. The third-order valence-corrected chi connectivity index (χ3v) is 2.92. The molecule has 7 heteroatoms. The minimum absolute atomic E-state index is 0.558. The minimum Gasteiger partial charge on any atom is -0.439 e. The molecule has 0 unspecified atom stereocenters. The van der Waals surface area contributed by atoms with Gasteiger partial charge in [0.15, 0.2) is 0 Å². The van der Waals surface area contributed by atoms with Crippen molar-refractivity contribution < 1.29 is 4.42 Å². The number of nitrogens with two attached hydrogens (primary N) is 1. The lowest BCUT2D eigenvalue weighted by Gasteiger charge is -2.05. The molecular weight excluding hydrogens is 226 g/mol. The van der Waals surface area contributed by atoms with E-state index < -0.39 is 0 Å². The van der Waals surface area contributed by atoms with Gasteiger partial charge in [-0.25, -0.2) is 20.8 Å². The van der Waals surface area contributed by atoms with Crippen molar-refractivity contribution in [3.8, 4) is 0 Å². The summed E-state index contributed by atoms with van der Waals surface area (Å²) in [6.07, 6.45) is 3.04. The van der Waals surface area contributed by atoms with Crippen molar-refractivity contribution in [3.63, 3.8) is 0 Å². The summed E-state index contributed by atoms with van der Waals surface area (Å²) in [5.41, 5.74) is 4.22. The van der Waals surface area contributed by atoms with Gasteiger partial charge in [-0.15, -0.1) is 0 Å². The molecular formula is C9H11N5OS. The number of anilines is 1. The maximum absolute atomic E-state index is 5.33. The zero-order valence-electron chi connectivity index (χ0n) is 8.89. The van der Waals surface area contributed by atoms with Crippen LogP contribution >= 0.6 is 11.8 Å². The molecule has 16 heavy (non-hydrogen) atoms. The Bertz CT molecular complexity index is 498. The van der Waals surface area contributed by atoms with Crippen molar-refractivity contribution in [3.05, 3.63) is 23.8 Å². The Morgan fingerprint density at radius 3 is 2.81 bits per heavy atom. The molecule has 0 aliphatic rings. The summed E-state index contributed by atoms with van der Waals surface area (Å²) in [6, 6.07) is 0. The van der Waals surface area contributed by atoms with Gasteiger partial charge in [-0.1, -0.05) is 0 Å². The largest absolute Gasteiger partial charge is 0.439 e. The molecule has 0 fully saturated rings. The molecule has 0 spiro atoms. The van der Waals surface area contributed by atoms with E-state index in [9.17, 15) is 0 Å². The average Bonchev–Trinajstić information content (AvgIpc) is 2.67. The van der Waals surface area contributed by atoms with Crippen LogP contribution in [0.5, 0.6) is 0 Å². The Hall–Kier alpha value is -1.60. The van der Waals surface area contributed by atoms with Crippen LogP contribution in [0.3, 0.4) is 0 Å². The lowest BCUT2D eigenvalue weighted by atomic mass is 10.3. The first-order chi connectivity index (χ1) is 7.70. The fraction of sp³-hybridized carbons (Fsp3) is 0.222. The van der Waals surface area contributed by atoms with Gasteiger partial charge in [-0.3, -0.25) is 0 Å². The number of hydrogen-bond donors (Lipinski definition) is 2. The fourth-order valence-corrected chi connectivity index (χ4v) is 1.95. The number of oxazole rings is 1. The Balaban J connectivity index is 2.28. The van der Waals surface area contributed by atoms with Crippen LogP contribution in [-0.4, -0.2) is 15.0 Å². The van der Waals surface area contributed by atoms with E-state index in [1.165, 1.54) is 18.1 Å². The van der Waals surface area contributed by atoms with Crippen LogP contribution in [0.1, 0.15) is 11.3 Å². The maximum Gasteiger partial charge on any atom is 0.262 e. The van der Waals surface area contributed by atoms with E-state index in [4.69, 9.17) is 10.3 Å². The molecule has 0 saturated heterocycles. The highest BCUT2D eigenvalue weighted by molar-refractivity contribution is 7.99. The molecule has 2 heterocycles. The van der Waals surface area contributed by atoms with Crippen LogP contribution in [0.2, 0.25) is 0 Å². The summed E-state index contributed by atoms with van der Waals surface area (Å²) in [6.45, 7) is 3.75. The van der Waals surface area contributed by atoms with Crippen LogP contribution in [-0.2, 0) is 0 Å². The molecule has 0 bridgehead atoms. The molecule has 6 nitrogen and oxygen atoms in total. The first kappa shape index (κ1) is 10.9. The first-order valence-electron chi connectivity index (χ1n) is 4.59. The molecule has 2 aromatic heterocycles. The van der Waals surface area contributed by atoms with Crippen molar-refractivity contribution in [1.29, 1.82) is 0 Å². The molecule has 0 radical (unpaired) electrons. The SMILES string of the molecule is Cc1coc(Sc2ncnc(NN)c2C)n1. The molecule has 0 atom stereocenters. The number of nitrogen functional groups attached to an aromatic ring is 1. The van der Waals surface area contributed by atoms with Crippen molar-refractivity contribution >= 4 is 17.6 Å². The zero-order chi connectivity index (χ0) is 11.5. The summed E-state index contributed by atoms with van der Waals surface area (Å²) in [7, 11) is 0. The molecule has 0 aliphatic carbocycles. The summed E-state index contributed by atoms with van der Waals surface area (Å²) in [5, 5.41) is 1.33. The second-order valence-corrected chi connectivity index (χ2v) is 4.09. The Kier molecular flexibility index (Phi) is 3.07. The van der Waals surface area contributed by atoms with Crippen molar-refractivity contribution in [2.24, 2.45) is 5.84 Å². The predicted molar refractivity (Wildman–Crippen MR) is 59.9 cm³/mol. The van der Waals surface area contributed by atoms with E-state index >= 15 is 0 Å². The van der Waals surface area contributed by atoms with Crippen LogP contribution in [0.15, 0.2) is 27.3 Å². The van der Waals surface area contributed by atoms with E-state index in [1.54, 1.807) is 6.26 Å². The van der Waals surface area contributed by atoms with Gasteiger partial charge in [0.2, 0.25) is 0 Å². The summed E-state index contributed by atoms with van der Waals surface area (Å²) >= 11 is 1.34. The molecule has 0 saturated carbocycles. The van der Waals surface area contributed by atoms with Gasteiger partial charge in [0.05, 0.1) is 5.69 Å². The van der Waals surface area contributed by atoms with Gasteiger partial charge in [-0.2, -0.15) is 0 Å².